The minimum atomic E-state index is -2.77. The molecule has 78 valence electrons. The molecule has 0 aromatic heterocycles. The van der Waals surface area contributed by atoms with E-state index >= 15 is 0 Å². The van der Waals surface area contributed by atoms with E-state index in [4.69, 9.17) is 5.73 Å². The van der Waals surface area contributed by atoms with E-state index in [1.165, 1.54) is 6.26 Å². The van der Waals surface area contributed by atoms with Crippen LogP contribution in [-0.2, 0) is 9.84 Å². The molecule has 0 saturated carbocycles. The van der Waals surface area contributed by atoms with Crippen LogP contribution in [0, 0.1) is 5.92 Å². The summed E-state index contributed by atoms with van der Waals surface area (Å²) in [6.45, 7) is 3.73. The first kappa shape index (κ1) is 10.9. The number of rotatable bonds is 5. The van der Waals surface area contributed by atoms with Crippen molar-refractivity contribution < 1.29 is 8.42 Å². The second-order valence-electron chi connectivity index (χ2n) is 3.84. The molecule has 0 amide bonds. The van der Waals surface area contributed by atoms with Crippen LogP contribution in [0.25, 0.3) is 0 Å². The Balaban J connectivity index is 2.03. The van der Waals surface area contributed by atoms with Crippen LogP contribution in [0.15, 0.2) is 0 Å². The Hall–Kier alpha value is -0.130. The van der Waals surface area contributed by atoms with E-state index in [9.17, 15) is 8.42 Å². The lowest BCUT2D eigenvalue weighted by molar-refractivity contribution is 0.107. The summed E-state index contributed by atoms with van der Waals surface area (Å²) in [4.78, 5) is 2.25. The molecule has 1 aliphatic rings. The van der Waals surface area contributed by atoms with Gasteiger partial charge in [-0.3, -0.25) is 0 Å². The van der Waals surface area contributed by atoms with Gasteiger partial charge >= 0.3 is 0 Å². The fraction of sp³-hybridized carbons (Fsp3) is 1.00. The molecule has 0 aromatic carbocycles. The molecule has 1 fully saturated rings. The van der Waals surface area contributed by atoms with Gasteiger partial charge in [-0.15, -0.1) is 0 Å². The number of likely N-dealkylation sites (tertiary alicyclic amines) is 1. The molecule has 0 aromatic rings. The maximum absolute atomic E-state index is 10.8. The summed E-state index contributed by atoms with van der Waals surface area (Å²) < 4.78 is 21.6. The van der Waals surface area contributed by atoms with Gasteiger partial charge in [0.15, 0.2) is 0 Å². The number of hydrogen-bond acceptors (Lipinski definition) is 4. The summed E-state index contributed by atoms with van der Waals surface area (Å²) in [6.07, 6.45) is 2.03. The van der Waals surface area contributed by atoms with Gasteiger partial charge in [0.2, 0.25) is 0 Å². The highest BCUT2D eigenvalue weighted by Gasteiger charge is 2.24. The Labute approximate surface area is 80.0 Å². The van der Waals surface area contributed by atoms with Crippen LogP contribution >= 0.6 is 0 Å². The van der Waals surface area contributed by atoms with Crippen molar-refractivity contribution in [1.82, 2.24) is 4.90 Å². The fourth-order valence-corrected chi connectivity index (χ4v) is 2.21. The Kier molecular flexibility index (Phi) is 3.70. The summed E-state index contributed by atoms with van der Waals surface area (Å²) in [6, 6.07) is 0. The molecule has 2 N–H and O–H groups in total. The standard InChI is InChI=1S/C8H18N2O2S/c1-13(11,12)4-2-3-10-6-8(5-9)7-10/h8H,2-7,9H2,1H3. The third-order valence-corrected chi connectivity index (χ3v) is 3.39. The van der Waals surface area contributed by atoms with Gasteiger partial charge in [-0.2, -0.15) is 0 Å². The molecule has 5 heteroatoms. The summed E-state index contributed by atoms with van der Waals surface area (Å²) in [5.41, 5.74) is 5.47. The second-order valence-corrected chi connectivity index (χ2v) is 6.10. The minimum absolute atomic E-state index is 0.302. The Morgan fingerprint density at radius 2 is 2.08 bits per heavy atom. The van der Waals surface area contributed by atoms with Crippen LogP contribution < -0.4 is 5.73 Å². The number of nitrogens with zero attached hydrogens (tertiary/aromatic N) is 1. The summed E-state index contributed by atoms with van der Waals surface area (Å²) >= 11 is 0. The van der Waals surface area contributed by atoms with E-state index in [2.05, 4.69) is 4.90 Å². The van der Waals surface area contributed by atoms with Crippen molar-refractivity contribution in [1.29, 1.82) is 0 Å². The molecule has 0 bridgehead atoms. The lowest BCUT2D eigenvalue weighted by atomic mass is 10.0. The van der Waals surface area contributed by atoms with Crippen molar-refractivity contribution in [3.63, 3.8) is 0 Å². The maximum Gasteiger partial charge on any atom is 0.147 e. The highest BCUT2D eigenvalue weighted by molar-refractivity contribution is 7.90. The molecule has 0 spiro atoms. The quantitative estimate of drug-likeness (QED) is 0.647. The number of hydrogen-bond donors (Lipinski definition) is 1. The summed E-state index contributed by atoms with van der Waals surface area (Å²) in [5, 5.41) is 0. The average molecular weight is 206 g/mol. The monoisotopic (exact) mass is 206 g/mol. The van der Waals surface area contributed by atoms with Gasteiger partial charge in [-0.25, -0.2) is 8.42 Å². The van der Waals surface area contributed by atoms with Gasteiger partial charge in [0.05, 0.1) is 5.75 Å². The molecule has 13 heavy (non-hydrogen) atoms. The van der Waals surface area contributed by atoms with Crippen molar-refractivity contribution in [2.45, 2.75) is 6.42 Å². The van der Waals surface area contributed by atoms with Gasteiger partial charge in [-0.05, 0) is 25.4 Å². The summed E-state index contributed by atoms with van der Waals surface area (Å²) in [5.74, 6) is 0.940. The molecule has 0 aliphatic carbocycles. The first-order chi connectivity index (χ1) is 6.01. The zero-order valence-electron chi connectivity index (χ0n) is 8.07. The van der Waals surface area contributed by atoms with Gasteiger partial charge in [0, 0.05) is 19.3 Å². The topological polar surface area (TPSA) is 63.4 Å². The molecule has 1 saturated heterocycles. The zero-order valence-corrected chi connectivity index (χ0v) is 8.89. The van der Waals surface area contributed by atoms with E-state index in [1.54, 1.807) is 0 Å². The van der Waals surface area contributed by atoms with Crippen molar-refractivity contribution in [2.75, 3.05) is 38.2 Å². The van der Waals surface area contributed by atoms with Crippen molar-refractivity contribution in [2.24, 2.45) is 11.7 Å². The molecule has 0 radical (unpaired) electrons. The normalized spacial score (nSPS) is 20.2. The minimum Gasteiger partial charge on any atom is -0.330 e. The van der Waals surface area contributed by atoms with E-state index in [0.29, 0.717) is 11.7 Å². The molecule has 1 rings (SSSR count). The highest BCUT2D eigenvalue weighted by Crippen LogP contribution is 2.13. The smallest absolute Gasteiger partial charge is 0.147 e. The lowest BCUT2D eigenvalue weighted by Gasteiger charge is -2.38. The number of sulfone groups is 1. The molecule has 4 nitrogen and oxygen atoms in total. The van der Waals surface area contributed by atoms with Crippen LogP contribution in [0.3, 0.4) is 0 Å². The first-order valence-electron chi connectivity index (χ1n) is 4.61. The van der Waals surface area contributed by atoms with E-state index < -0.39 is 9.84 Å². The van der Waals surface area contributed by atoms with Crippen LogP contribution in [0.5, 0.6) is 0 Å². The molecule has 1 heterocycles. The zero-order chi connectivity index (χ0) is 9.90. The van der Waals surface area contributed by atoms with Gasteiger partial charge in [0.25, 0.3) is 0 Å². The van der Waals surface area contributed by atoms with Crippen molar-refractivity contribution in [3.05, 3.63) is 0 Å². The number of nitrogens with two attached hydrogens (primary N) is 1. The Morgan fingerprint density at radius 3 is 2.54 bits per heavy atom. The van der Waals surface area contributed by atoms with E-state index in [0.717, 1.165) is 32.6 Å². The third-order valence-electron chi connectivity index (χ3n) is 2.36. The first-order valence-corrected chi connectivity index (χ1v) is 6.67. The van der Waals surface area contributed by atoms with Crippen LogP contribution in [-0.4, -0.2) is 51.5 Å². The molecule has 0 atom stereocenters. The molecule has 1 aliphatic heterocycles. The van der Waals surface area contributed by atoms with Crippen LogP contribution in [0.2, 0.25) is 0 Å². The highest BCUT2D eigenvalue weighted by atomic mass is 32.2. The molecular weight excluding hydrogens is 188 g/mol. The predicted octanol–water partition coefficient (Wildman–Crippen LogP) is -0.688. The van der Waals surface area contributed by atoms with Crippen molar-refractivity contribution >= 4 is 9.84 Å². The lowest BCUT2D eigenvalue weighted by Crippen LogP contribution is -2.50. The van der Waals surface area contributed by atoms with Gasteiger partial charge in [0.1, 0.15) is 9.84 Å². The van der Waals surface area contributed by atoms with Gasteiger partial charge < -0.3 is 10.6 Å². The Bertz CT molecular complexity index is 245. The maximum atomic E-state index is 10.8. The van der Waals surface area contributed by atoms with E-state index in [-0.39, 0.29) is 0 Å². The SMILES string of the molecule is CS(=O)(=O)CCCN1CC(CN)C1. The van der Waals surface area contributed by atoms with Crippen LogP contribution in [0.1, 0.15) is 6.42 Å². The van der Waals surface area contributed by atoms with Gasteiger partial charge in [-0.1, -0.05) is 0 Å². The fourth-order valence-electron chi connectivity index (χ4n) is 1.56. The van der Waals surface area contributed by atoms with Crippen LogP contribution in [0.4, 0.5) is 0 Å². The molecule has 0 unspecified atom stereocenters. The van der Waals surface area contributed by atoms with E-state index in [1.807, 2.05) is 0 Å². The second kappa shape index (κ2) is 4.39. The Morgan fingerprint density at radius 1 is 1.46 bits per heavy atom. The molecular formula is C8H18N2O2S. The average Bonchev–Trinajstić information content (AvgIpc) is 1.91. The third kappa shape index (κ3) is 4.06. The predicted molar refractivity (Wildman–Crippen MR) is 53.3 cm³/mol. The largest absolute Gasteiger partial charge is 0.330 e. The summed E-state index contributed by atoms with van der Waals surface area (Å²) in [7, 11) is -2.77. The van der Waals surface area contributed by atoms with Crippen molar-refractivity contribution in [3.8, 4) is 0 Å².